The van der Waals surface area contributed by atoms with Crippen LogP contribution in [0.15, 0.2) is 18.2 Å². The Kier molecular flexibility index (Phi) is 2.42. The van der Waals surface area contributed by atoms with Crippen LogP contribution in [0.1, 0.15) is 17.0 Å². The van der Waals surface area contributed by atoms with Crippen LogP contribution in [0.4, 0.5) is 4.39 Å². The van der Waals surface area contributed by atoms with Gasteiger partial charge in [0, 0.05) is 24.0 Å². The molecule has 1 N–H and O–H groups in total. The van der Waals surface area contributed by atoms with Crippen molar-refractivity contribution in [1.29, 1.82) is 0 Å². The van der Waals surface area contributed by atoms with Crippen LogP contribution in [0.3, 0.4) is 0 Å². The first-order valence-electron chi connectivity index (χ1n) is 5.45. The normalized spacial score (nSPS) is 32.2. The maximum Gasteiger partial charge on any atom is 0.120 e. The molecular formula is C12H13ClFNO. The maximum absolute atomic E-state index is 13.2. The van der Waals surface area contributed by atoms with Crippen LogP contribution in [0, 0.1) is 0 Å². The number of ether oxygens (including phenoxy) is 1. The van der Waals surface area contributed by atoms with Gasteiger partial charge in [-0.05, 0) is 17.2 Å². The number of hydrogen-bond donors (Lipinski definition) is 1. The molecule has 3 rings (SSSR count). The van der Waals surface area contributed by atoms with Gasteiger partial charge in [-0.25, -0.2) is 4.39 Å². The number of hydrogen-bond acceptors (Lipinski definition) is 2. The minimum atomic E-state index is -0.669. The van der Waals surface area contributed by atoms with Crippen molar-refractivity contribution in [2.45, 2.75) is 18.1 Å². The summed E-state index contributed by atoms with van der Waals surface area (Å²) in [6.45, 7) is 1.31. The molecule has 0 saturated carbocycles. The highest BCUT2D eigenvalue weighted by molar-refractivity contribution is 6.31. The molecule has 0 unspecified atom stereocenters. The lowest BCUT2D eigenvalue weighted by Gasteiger charge is -2.38. The molecule has 0 aromatic heterocycles. The molecule has 1 fully saturated rings. The summed E-state index contributed by atoms with van der Waals surface area (Å²) in [5.41, 5.74) is 1.49. The topological polar surface area (TPSA) is 21.3 Å². The summed E-state index contributed by atoms with van der Waals surface area (Å²) in [5, 5.41) is 3.93. The van der Waals surface area contributed by atoms with E-state index < -0.39 is 12.3 Å². The van der Waals surface area contributed by atoms with Crippen LogP contribution in [-0.2, 0) is 11.3 Å². The Morgan fingerprint density at radius 3 is 3.25 bits per heavy atom. The van der Waals surface area contributed by atoms with Gasteiger partial charge in [0.15, 0.2) is 0 Å². The van der Waals surface area contributed by atoms with Gasteiger partial charge < -0.3 is 10.1 Å². The van der Waals surface area contributed by atoms with Gasteiger partial charge in [-0.3, -0.25) is 0 Å². The molecule has 86 valence electrons. The summed E-state index contributed by atoms with van der Waals surface area (Å²) in [4.78, 5) is 0. The summed E-state index contributed by atoms with van der Waals surface area (Å²) >= 11 is 6.13. The Balaban J connectivity index is 2.10. The number of fused-ring (bicyclic) bond motifs is 3. The lowest BCUT2D eigenvalue weighted by molar-refractivity contribution is -0.0789. The summed E-state index contributed by atoms with van der Waals surface area (Å²) in [7, 11) is 0. The quantitative estimate of drug-likeness (QED) is 0.815. The van der Waals surface area contributed by atoms with Gasteiger partial charge in [0.2, 0.25) is 0 Å². The average molecular weight is 242 g/mol. The average Bonchev–Trinajstić information content (AvgIpc) is 2.74. The third kappa shape index (κ3) is 1.32. The van der Waals surface area contributed by atoms with Gasteiger partial charge in [0.1, 0.15) is 12.3 Å². The molecule has 0 amide bonds. The van der Waals surface area contributed by atoms with Crippen molar-refractivity contribution in [2.75, 3.05) is 19.8 Å². The fourth-order valence-electron chi connectivity index (χ4n) is 2.73. The largest absolute Gasteiger partial charge is 0.365 e. The summed E-state index contributed by atoms with van der Waals surface area (Å²) < 4.78 is 18.9. The van der Waals surface area contributed by atoms with E-state index in [1.54, 1.807) is 0 Å². The Morgan fingerprint density at radius 1 is 1.56 bits per heavy atom. The number of alkyl halides is 1. The van der Waals surface area contributed by atoms with Gasteiger partial charge in [-0.1, -0.05) is 23.7 Å². The second kappa shape index (κ2) is 3.69. The van der Waals surface area contributed by atoms with Crippen LogP contribution in [-0.4, -0.2) is 25.4 Å². The predicted molar refractivity (Wildman–Crippen MR) is 60.6 cm³/mol. The molecule has 2 heterocycles. The van der Waals surface area contributed by atoms with Gasteiger partial charge >= 0.3 is 0 Å². The number of nitrogens with one attached hydrogen (secondary N) is 1. The zero-order valence-electron chi connectivity index (χ0n) is 8.80. The highest BCUT2D eigenvalue weighted by atomic mass is 35.5. The molecule has 1 aromatic rings. The van der Waals surface area contributed by atoms with Gasteiger partial charge in [-0.2, -0.15) is 0 Å². The summed E-state index contributed by atoms with van der Waals surface area (Å²) in [5.74, 6) is 0.0833. The van der Waals surface area contributed by atoms with E-state index in [1.807, 2.05) is 18.2 Å². The second-order valence-corrected chi connectivity index (χ2v) is 4.89. The van der Waals surface area contributed by atoms with Crippen molar-refractivity contribution in [1.82, 2.24) is 5.32 Å². The number of rotatable bonds is 1. The molecule has 0 bridgehead atoms. The zero-order chi connectivity index (χ0) is 11.2. The summed E-state index contributed by atoms with van der Waals surface area (Å²) in [6.07, 6.45) is 0. The second-order valence-electron chi connectivity index (χ2n) is 4.48. The molecule has 2 aliphatic rings. The van der Waals surface area contributed by atoms with Crippen LogP contribution in [0.2, 0.25) is 5.02 Å². The molecule has 2 atom stereocenters. The predicted octanol–water partition coefficient (Wildman–Crippen LogP) is 2.27. The fourth-order valence-corrected chi connectivity index (χ4v) is 2.97. The first kappa shape index (κ1) is 10.5. The highest BCUT2D eigenvalue weighted by Crippen LogP contribution is 2.43. The van der Waals surface area contributed by atoms with Gasteiger partial charge in [0.25, 0.3) is 0 Å². The molecule has 2 aliphatic heterocycles. The van der Waals surface area contributed by atoms with Crippen molar-refractivity contribution in [3.05, 3.63) is 34.3 Å². The lowest BCUT2D eigenvalue weighted by Crippen LogP contribution is -2.45. The highest BCUT2D eigenvalue weighted by Gasteiger charge is 2.48. The smallest absolute Gasteiger partial charge is 0.120 e. The van der Waals surface area contributed by atoms with Crippen LogP contribution in [0.5, 0.6) is 0 Å². The molecule has 0 aliphatic carbocycles. The summed E-state index contributed by atoms with van der Waals surface area (Å²) in [6, 6.07) is 5.81. The third-order valence-corrected chi connectivity index (χ3v) is 4.02. The minimum absolute atomic E-state index is 0.0833. The van der Waals surface area contributed by atoms with Crippen LogP contribution >= 0.6 is 11.6 Å². The van der Waals surface area contributed by atoms with E-state index in [0.717, 1.165) is 22.7 Å². The Bertz CT molecular complexity index is 425. The molecule has 2 nitrogen and oxygen atoms in total. The molecular weight excluding hydrogens is 229 g/mol. The van der Waals surface area contributed by atoms with Crippen molar-refractivity contribution in [2.24, 2.45) is 0 Å². The number of benzene rings is 1. The molecule has 4 heteroatoms. The van der Waals surface area contributed by atoms with Gasteiger partial charge in [-0.15, -0.1) is 0 Å². The molecule has 1 aromatic carbocycles. The van der Waals surface area contributed by atoms with Crippen molar-refractivity contribution >= 4 is 11.6 Å². The monoisotopic (exact) mass is 241 g/mol. The SMILES string of the molecule is FC[C@]12CNC[C@H]1c1cccc(Cl)c1CO2. The molecule has 16 heavy (non-hydrogen) atoms. The first-order chi connectivity index (χ1) is 7.77. The van der Waals surface area contributed by atoms with E-state index in [-0.39, 0.29) is 5.92 Å². The van der Waals surface area contributed by atoms with E-state index in [4.69, 9.17) is 16.3 Å². The Morgan fingerprint density at radius 2 is 2.44 bits per heavy atom. The third-order valence-electron chi connectivity index (χ3n) is 3.67. The fraction of sp³-hybridized carbons (Fsp3) is 0.500. The van der Waals surface area contributed by atoms with Crippen molar-refractivity contribution < 1.29 is 9.13 Å². The van der Waals surface area contributed by atoms with Crippen LogP contribution in [0.25, 0.3) is 0 Å². The van der Waals surface area contributed by atoms with E-state index in [9.17, 15) is 4.39 Å². The maximum atomic E-state index is 13.2. The lowest BCUT2D eigenvalue weighted by atomic mass is 9.81. The van der Waals surface area contributed by atoms with E-state index in [2.05, 4.69) is 5.32 Å². The van der Waals surface area contributed by atoms with Gasteiger partial charge in [0.05, 0.1) is 6.61 Å². The first-order valence-corrected chi connectivity index (χ1v) is 5.82. The number of halogens is 2. The standard InChI is InChI=1S/C12H13ClFNO/c13-11-3-1-2-8-9(11)5-16-12(6-14)7-15-4-10(8)12/h1-3,10,15H,4-7H2/t10-,12-/m0/s1. The minimum Gasteiger partial charge on any atom is -0.365 e. The van der Waals surface area contributed by atoms with Crippen LogP contribution < -0.4 is 5.32 Å². The Labute approximate surface area is 98.7 Å². The van der Waals surface area contributed by atoms with E-state index in [1.165, 1.54) is 0 Å². The molecule has 1 saturated heterocycles. The molecule has 0 spiro atoms. The van der Waals surface area contributed by atoms with E-state index >= 15 is 0 Å². The molecule has 0 radical (unpaired) electrons. The Hall–Kier alpha value is -0.640. The zero-order valence-corrected chi connectivity index (χ0v) is 9.56. The van der Waals surface area contributed by atoms with E-state index in [0.29, 0.717) is 13.2 Å². The van der Waals surface area contributed by atoms with Crippen molar-refractivity contribution in [3.8, 4) is 0 Å². The van der Waals surface area contributed by atoms with Crippen molar-refractivity contribution in [3.63, 3.8) is 0 Å².